The molecule has 1 heterocycles. The van der Waals surface area contributed by atoms with E-state index < -0.39 is 5.97 Å². The number of hydrogen-bond donors (Lipinski definition) is 2. The van der Waals surface area contributed by atoms with Gasteiger partial charge in [0.1, 0.15) is 0 Å². The van der Waals surface area contributed by atoms with E-state index >= 15 is 0 Å². The molecule has 7 heteroatoms. The fraction of sp³-hybridized carbons (Fsp3) is 0.409. The number of anilines is 1. The minimum absolute atomic E-state index is 0.126. The maximum atomic E-state index is 12.3. The molecule has 0 spiro atoms. The predicted molar refractivity (Wildman–Crippen MR) is 113 cm³/mol. The number of thiophene rings is 1. The summed E-state index contributed by atoms with van der Waals surface area (Å²) in [5.41, 5.74) is 0.772. The monoisotopic (exact) mass is 414 g/mol. The summed E-state index contributed by atoms with van der Waals surface area (Å²) >= 11 is 1.34. The number of nitrogens with one attached hydrogen (secondary N) is 2. The van der Waals surface area contributed by atoms with E-state index in [1.165, 1.54) is 23.8 Å². The first-order chi connectivity index (χ1) is 13.9. The van der Waals surface area contributed by atoms with E-state index in [0.29, 0.717) is 22.4 Å². The van der Waals surface area contributed by atoms with Gasteiger partial charge in [-0.05, 0) is 47.9 Å². The van der Waals surface area contributed by atoms with Gasteiger partial charge in [-0.25, -0.2) is 4.79 Å². The van der Waals surface area contributed by atoms with Gasteiger partial charge in [-0.1, -0.05) is 38.8 Å². The Labute approximate surface area is 174 Å². The van der Waals surface area contributed by atoms with E-state index in [9.17, 15) is 14.4 Å². The molecule has 2 aromatic rings. The second-order valence-electron chi connectivity index (χ2n) is 7.53. The lowest BCUT2D eigenvalue weighted by Crippen LogP contribution is -2.45. The molecule has 0 unspecified atom stereocenters. The number of benzene rings is 1. The Hall–Kier alpha value is -2.67. The summed E-state index contributed by atoms with van der Waals surface area (Å²) in [6.07, 6.45) is 3.24. The van der Waals surface area contributed by atoms with Gasteiger partial charge in [0.15, 0.2) is 6.61 Å². The Kier molecular flexibility index (Phi) is 7.04. The third-order valence-corrected chi connectivity index (χ3v) is 6.36. The molecule has 29 heavy (non-hydrogen) atoms. The van der Waals surface area contributed by atoms with Crippen LogP contribution < -0.4 is 10.6 Å². The van der Waals surface area contributed by atoms with Crippen LogP contribution in [-0.4, -0.2) is 30.4 Å². The molecule has 0 bridgehead atoms. The van der Waals surface area contributed by atoms with Crippen molar-refractivity contribution >= 4 is 34.8 Å². The van der Waals surface area contributed by atoms with Crippen molar-refractivity contribution in [1.82, 2.24) is 5.32 Å². The summed E-state index contributed by atoms with van der Waals surface area (Å²) < 4.78 is 5.16. The van der Waals surface area contributed by atoms with Crippen molar-refractivity contribution in [3.63, 3.8) is 0 Å². The summed E-state index contributed by atoms with van der Waals surface area (Å²) in [5, 5.41) is 7.56. The maximum Gasteiger partial charge on any atom is 0.338 e. The lowest BCUT2D eigenvalue weighted by molar-refractivity contribution is -0.125. The Balaban J connectivity index is 1.51. The summed E-state index contributed by atoms with van der Waals surface area (Å²) in [6.45, 7) is 4.03. The summed E-state index contributed by atoms with van der Waals surface area (Å²) in [5.74, 6) is -0.139. The van der Waals surface area contributed by atoms with Gasteiger partial charge in [0.2, 0.25) is 0 Å². The predicted octanol–water partition coefficient (Wildman–Crippen LogP) is 4.10. The quantitative estimate of drug-likeness (QED) is 0.697. The van der Waals surface area contributed by atoms with Crippen molar-refractivity contribution in [3.05, 3.63) is 52.2 Å². The molecule has 1 aliphatic carbocycles. The van der Waals surface area contributed by atoms with E-state index in [0.717, 1.165) is 12.8 Å². The topological polar surface area (TPSA) is 84.5 Å². The van der Waals surface area contributed by atoms with Gasteiger partial charge in [0, 0.05) is 11.7 Å². The molecular weight excluding hydrogens is 388 g/mol. The Bertz CT molecular complexity index is 865. The first-order valence-electron chi connectivity index (χ1n) is 9.85. The number of amides is 2. The number of ether oxygens (including phenoxy) is 1. The zero-order valence-electron chi connectivity index (χ0n) is 16.6. The second-order valence-corrected chi connectivity index (χ2v) is 8.48. The zero-order valence-corrected chi connectivity index (χ0v) is 17.5. The summed E-state index contributed by atoms with van der Waals surface area (Å²) in [7, 11) is 0. The third-order valence-electron chi connectivity index (χ3n) is 5.49. The highest BCUT2D eigenvalue weighted by Gasteiger charge is 2.28. The molecule has 0 radical (unpaired) electrons. The highest BCUT2D eigenvalue weighted by molar-refractivity contribution is 7.12. The summed E-state index contributed by atoms with van der Waals surface area (Å²) in [4.78, 5) is 37.2. The van der Waals surface area contributed by atoms with Crippen LogP contribution in [0.5, 0.6) is 0 Å². The van der Waals surface area contributed by atoms with E-state index in [1.54, 1.807) is 30.3 Å². The maximum absolute atomic E-state index is 12.3. The molecule has 2 N–H and O–H groups in total. The molecule has 1 aromatic heterocycles. The van der Waals surface area contributed by atoms with Crippen molar-refractivity contribution in [2.24, 2.45) is 11.8 Å². The first-order valence-corrected chi connectivity index (χ1v) is 10.7. The molecule has 3 atom stereocenters. The van der Waals surface area contributed by atoms with Crippen LogP contribution in [0.2, 0.25) is 0 Å². The van der Waals surface area contributed by atoms with E-state index in [4.69, 9.17) is 4.74 Å². The minimum Gasteiger partial charge on any atom is -0.452 e. The van der Waals surface area contributed by atoms with Crippen LogP contribution in [0, 0.1) is 11.8 Å². The number of carbonyl (C=O) groups is 3. The molecule has 1 aromatic carbocycles. The van der Waals surface area contributed by atoms with Crippen LogP contribution in [-0.2, 0) is 9.53 Å². The lowest BCUT2D eigenvalue weighted by atomic mass is 9.78. The van der Waals surface area contributed by atoms with E-state index in [2.05, 4.69) is 24.5 Å². The van der Waals surface area contributed by atoms with Gasteiger partial charge < -0.3 is 15.4 Å². The van der Waals surface area contributed by atoms with Crippen molar-refractivity contribution in [2.45, 2.75) is 39.2 Å². The van der Waals surface area contributed by atoms with Crippen LogP contribution in [0.1, 0.15) is 53.1 Å². The molecule has 2 amide bonds. The third kappa shape index (κ3) is 5.67. The molecule has 6 nitrogen and oxygen atoms in total. The van der Waals surface area contributed by atoms with Crippen LogP contribution in [0.15, 0.2) is 41.8 Å². The minimum atomic E-state index is -0.600. The molecule has 0 saturated heterocycles. The smallest absolute Gasteiger partial charge is 0.338 e. The van der Waals surface area contributed by atoms with E-state index in [1.807, 2.05) is 5.38 Å². The van der Waals surface area contributed by atoms with Crippen molar-refractivity contribution in [3.8, 4) is 0 Å². The van der Waals surface area contributed by atoms with Gasteiger partial charge in [-0.3, -0.25) is 9.59 Å². The Morgan fingerprint density at radius 2 is 1.97 bits per heavy atom. The number of rotatable bonds is 6. The number of hydrogen-bond acceptors (Lipinski definition) is 5. The van der Waals surface area contributed by atoms with Gasteiger partial charge >= 0.3 is 5.97 Å². The molecule has 1 fully saturated rings. The average Bonchev–Trinajstić information content (AvgIpc) is 3.25. The molecule has 154 valence electrons. The fourth-order valence-electron chi connectivity index (χ4n) is 3.57. The second kappa shape index (κ2) is 9.69. The van der Waals surface area contributed by atoms with Gasteiger partial charge in [0.25, 0.3) is 11.8 Å². The van der Waals surface area contributed by atoms with Crippen molar-refractivity contribution in [1.29, 1.82) is 0 Å². The zero-order chi connectivity index (χ0) is 20.8. The van der Waals surface area contributed by atoms with Gasteiger partial charge in [0.05, 0.1) is 10.4 Å². The number of esters is 1. The Morgan fingerprint density at radius 3 is 2.72 bits per heavy atom. The molecule has 3 rings (SSSR count). The highest BCUT2D eigenvalue weighted by atomic mass is 32.1. The molecule has 1 saturated carbocycles. The Morgan fingerprint density at radius 1 is 1.14 bits per heavy atom. The van der Waals surface area contributed by atoms with Crippen LogP contribution in [0.25, 0.3) is 0 Å². The lowest BCUT2D eigenvalue weighted by Gasteiger charge is -2.34. The van der Waals surface area contributed by atoms with Gasteiger partial charge in [-0.15, -0.1) is 11.3 Å². The first kappa shape index (κ1) is 21.0. The van der Waals surface area contributed by atoms with Crippen LogP contribution in [0.4, 0.5) is 5.69 Å². The van der Waals surface area contributed by atoms with Crippen molar-refractivity contribution in [2.75, 3.05) is 11.9 Å². The van der Waals surface area contributed by atoms with Crippen LogP contribution in [0.3, 0.4) is 0 Å². The standard InChI is InChI=1S/C22H26N2O4S/c1-14-6-3-9-18(15(14)2)24-20(25)13-28-22(27)16-7-4-8-17(12-16)23-21(26)19-10-5-11-29-19/h4-5,7-8,10-12,14-15,18H,3,6,9,13H2,1-2H3,(H,23,26)(H,24,25)/t14-,15+,18+/m0/s1. The average molecular weight is 415 g/mol. The molecule has 1 aliphatic rings. The molecule has 0 aliphatic heterocycles. The highest BCUT2D eigenvalue weighted by Crippen LogP contribution is 2.29. The van der Waals surface area contributed by atoms with E-state index in [-0.39, 0.29) is 30.0 Å². The fourth-order valence-corrected chi connectivity index (χ4v) is 4.19. The molecular formula is C22H26N2O4S. The van der Waals surface area contributed by atoms with Crippen LogP contribution >= 0.6 is 11.3 Å². The SMILES string of the molecule is C[C@@H]1[C@@H](C)CCC[C@H]1NC(=O)COC(=O)c1cccc(NC(=O)c2cccs2)c1. The summed E-state index contributed by atoms with van der Waals surface area (Å²) in [6, 6.07) is 10.1. The largest absolute Gasteiger partial charge is 0.452 e. The van der Waals surface area contributed by atoms with Crippen molar-refractivity contribution < 1.29 is 19.1 Å². The normalized spacial score (nSPS) is 21.2. The number of carbonyl (C=O) groups excluding carboxylic acids is 3. The van der Waals surface area contributed by atoms with Gasteiger partial charge in [-0.2, -0.15) is 0 Å².